The lowest BCUT2D eigenvalue weighted by atomic mass is 10.2. The third-order valence-corrected chi connectivity index (χ3v) is 5.08. The summed E-state index contributed by atoms with van der Waals surface area (Å²) in [5.74, 6) is 1.18. The maximum atomic E-state index is 12.1. The number of nitrogens with one attached hydrogen (secondary N) is 1. The third kappa shape index (κ3) is 4.04. The molecule has 0 spiro atoms. The molecule has 0 saturated carbocycles. The van der Waals surface area contributed by atoms with E-state index in [-0.39, 0.29) is 19.1 Å². The molecule has 0 aliphatic rings. The van der Waals surface area contributed by atoms with Gasteiger partial charge in [0.25, 0.3) is 5.91 Å². The molecule has 0 bridgehead atoms. The van der Waals surface area contributed by atoms with E-state index in [0.29, 0.717) is 46.6 Å². The van der Waals surface area contributed by atoms with E-state index in [1.807, 2.05) is 31.2 Å². The van der Waals surface area contributed by atoms with E-state index in [4.69, 9.17) is 14.0 Å². The summed E-state index contributed by atoms with van der Waals surface area (Å²) in [6.45, 7) is 2.82. The monoisotopic (exact) mass is 459 g/mol. The predicted molar refractivity (Wildman–Crippen MR) is 121 cm³/mol. The van der Waals surface area contributed by atoms with Crippen LogP contribution in [0.15, 0.2) is 53.2 Å². The van der Waals surface area contributed by atoms with Crippen molar-refractivity contribution < 1.29 is 18.8 Å². The molecular weight excluding hydrogens is 438 g/mol. The van der Waals surface area contributed by atoms with Crippen LogP contribution in [0.2, 0.25) is 0 Å². The second kappa shape index (κ2) is 9.24. The molecule has 1 aromatic carbocycles. The van der Waals surface area contributed by atoms with Gasteiger partial charge in [0.05, 0.1) is 5.69 Å². The van der Waals surface area contributed by atoms with E-state index >= 15 is 0 Å². The molecule has 0 fully saturated rings. The number of aromatic nitrogens is 6. The molecule has 4 aromatic heterocycles. The molecule has 1 N–H and O–H groups in total. The summed E-state index contributed by atoms with van der Waals surface area (Å²) in [4.78, 5) is 16.5. The Morgan fingerprint density at radius 2 is 1.97 bits per heavy atom. The molecule has 0 radical (unpaired) electrons. The second-order valence-electron chi connectivity index (χ2n) is 7.41. The maximum Gasteiger partial charge on any atom is 0.251 e. The van der Waals surface area contributed by atoms with Gasteiger partial charge in [0, 0.05) is 42.3 Å². The van der Waals surface area contributed by atoms with Crippen molar-refractivity contribution >= 4 is 22.3 Å². The lowest BCUT2D eigenvalue weighted by Gasteiger charge is -2.10. The zero-order valence-corrected chi connectivity index (χ0v) is 18.6. The number of hydrogen-bond acceptors (Lipinski definition) is 9. The first-order valence-electron chi connectivity index (χ1n) is 10.6. The summed E-state index contributed by atoms with van der Waals surface area (Å²) in [6.07, 6.45) is 1.58. The molecule has 4 heterocycles. The molecule has 5 aromatic rings. The van der Waals surface area contributed by atoms with Crippen LogP contribution in [0.1, 0.15) is 28.7 Å². The molecule has 1 amide bonds. The summed E-state index contributed by atoms with van der Waals surface area (Å²) in [5, 5.41) is 21.7. The number of nitrogens with zero attached hydrogens (tertiary/aromatic N) is 6. The van der Waals surface area contributed by atoms with Gasteiger partial charge in [-0.2, -0.15) is 4.52 Å². The third-order valence-electron chi connectivity index (χ3n) is 5.08. The first-order valence-corrected chi connectivity index (χ1v) is 10.6. The molecule has 11 nitrogen and oxygen atoms in total. The maximum absolute atomic E-state index is 12.1. The van der Waals surface area contributed by atoms with E-state index < -0.39 is 0 Å². The van der Waals surface area contributed by atoms with Crippen molar-refractivity contribution in [1.82, 2.24) is 35.3 Å². The average molecular weight is 459 g/mol. The van der Waals surface area contributed by atoms with Crippen LogP contribution in [-0.2, 0) is 18.0 Å². The van der Waals surface area contributed by atoms with Crippen molar-refractivity contribution in [2.24, 2.45) is 0 Å². The topological polar surface area (TPSA) is 130 Å². The highest BCUT2D eigenvalue weighted by Crippen LogP contribution is 2.29. The van der Waals surface area contributed by atoms with E-state index in [2.05, 4.69) is 30.8 Å². The summed E-state index contributed by atoms with van der Waals surface area (Å²) in [5.41, 5.74) is 2.15. The minimum Gasteiger partial charge on any atom is -0.470 e. The molecule has 11 heteroatoms. The number of hydrogen-bond donors (Lipinski definition) is 1. The first-order chi connectivity index (χ1) is 16.7. The summed E-state index contributed by atoms with van der Waals surface area (Å²) in [7, 11) is 1.58. The lowest BCUT2D eigenvalue weighted by Crippen LogP contribution is -2.22. The Kier molecular flexibility index (Phi) is 5.83. The van der Waals surface area contributed by atoms with Gasteiger partial charge in [0.15, 0.2) is 17.1 Å². The van der Waals surface area contributed by atoms with E-state index in [1.165, 1.54) is 0 Å². The van der Waals surface area contributed by atoms with Crippen LogP contribution >= 0.6 is 0 Å². The number of fused-ring (bicyclic) bond motifs is 3. The SMILES string of the molecule is CCNC(=O)c1ccnc(COc2nn3c(-c4cc(COC)on4)nnc3c3ccccc23)c1. The van der Waals surface area contributed by atoms with Crippen LogP contribution < -0.4 is 10.1 Å². The lowest BCUT2D eigenvalue weighted by molar-refractivity contribution is 0.0955. The molecule has 5 rings (SSSR count). The first kappa shape index (κ1) is 21.5. The van der Waals surface area contributed by atoms with Gasteiger partial charge in [-0.1, -0.05) is 23.4 Å². The standard InChI is InChI=1S/C23H21N7O4/c1-3-24-22(31)14-8-9-25-15(10-14)12-33-23-18-7-5-4-6-17(18)20-26-27-21(30(20)28-23)19-11-16(13-32-2)34-29-19/h4-11H,3,12-13H2,1-2H3,(H,24,31). The van der Waals surface area contributed by atoms with Crippen molar-refractivity contribution in [2.45, 2.75) is 20.1 Å². The zero-order valence-electron chi connectivity index (χ0n) is 18.6. The van der Waals surface area contributed by atoms with Gasteiger partial charge in [-0.05, 0) is 25.1 Å². The Labute approximate surface area is 193 Å². The Bertz CT molecular complexity index is 1480. The van der Waals surface area contributed by atoms with Crippen LogP contribution in [0, 0.1) is 0 Å². The molecule has 0 atom stereocenters. The quantitative estimate of drug-likeness (QED) is 0.372. The van der Waals surface area contributed by atoms with Crippen LogP contribution in [0.4, 0.5) is 0 Å². The van der Waals surface area contributed by atoms with Crippen molar-refractivity contribution in [3.05, 3.63) is 65.7 Å². The van der Waals surface area contributed by atoms with Crippen LogP contribution in [0.25, 0.3) is 27.9 Å². The van der Waals surface area contributed by atoms with Gasteiger partial charge >= 0.3 is 0 Å². The second-order valence-corrected chi connectivity index (χ2v) is 7.41. The largest absolute Gasteiger partial charge is 0.470 e. The molecular formula is C23H21N7O4. The fourth-order valence-electron chi connectivity index (χ4n) is 3.55. The zero-order chi connectivity index (χ0) is 23.5. The Balaban J connectivity index is 1.51. The van der Waals surface area contributed by atoms with Crippen molar-refractivity contribution in [3.8, 4) is 17.4 Å². The van der Waals surface area contributed by atoms with Crippen LogP contribution in [-0.4, -0.2) is 49.5 Å². The molecule has 0 saturated heterocycles. The van der Waals surface area contributed by atoms with Gasteiger partial charge < -0.3 is 19.3 Å². The number of amides is 1. The molecule has 0 aliphatic carbocycles. The van der Waals surface area contributed by atoms with E-state index in [9.17, 15) is 4.79 Å². The number of carbonyl (C=O) groups excluding carboxylic acids is 1. The minimum atomic E-state index is -0.161. The van der Waals surface area contributed by atoms with Crippen LogP contribution in [0.5, 0.6) is 5.88 Å². The fourth-order valence-corrected chi connectivity index (χ4v) is 3.55. The van der Waals surface area contributed by atoms with E-state index in [0.717, 1.165) is 10.8 Å². The highest BCUT2D eigenvalue weighted by atomic mass is 16.5. The van der Waals surface area contributed by atoms with Crippen molar-refractivity contribution in [3.63, 3.8) is 0 Å². The number of rotatable bonds is 8. The predicted octanol–water partition coefficient (Wildman–Crippen LogP) is 2.80. The number of ether oxygens (including phenoxy) is 2. The molecule has 34 heavy (non-hydrogen) atoms. The number of benzene rings is 1. The fraction of sp³-hybridized carbons (Fsp3) is 0.217. The highest BCUT2D eigenvalue weighted by Gasteiger charge is 2.19. The Morgan fingerprint density at radius 3 is 2.79 bits per heavy atom. The van der Waals surface area contributed by atoms with Crippen LogP contribution in [0.3, 0.4) is 0 Å². The summed E-state index contributed by atoms with van der Waals surface area (Å²) in [6, 6.07) is 12.7. The van der Waals surface area contributed by atoms with E-state index in [1.54, 1.807) is 36.0 Å². The smallest absolute Gasteiger partial charge is 0.251 e. The number of methoxy groups -OCH3 is 1. The molecule has 172 valence electrons. The molecule has 0 aliphatic heterocycles. The highest BCUT2D eigenvalue weighted by molar-refractivity contribution is 5.97. The normalized spacial score (nSPS) is 11.2. The number of carbonyl (C=O) groups is 1. The average Bonchev–Trinajstić information content (AvgIpc) is 3.50. The van der Waals surface area contributed by atoms with Gasteiger partial charge in [-0.15, -0.1) is 15.3 Å². The van der Waals surface area contributed by atoms with Gasteiger partial charge in [0.2, 0.25) is 11.7 Å². The number of pyridine rings is 1. The van der Waals surface area contributed by atoms with Gasteiger partial charge in [0.1, 0.15) is 13.2 Å². The minimum absolute atomic E-state index is 0.120. The Hall–Kier alpha value is -4.38. The Morgan fingerprint density at radius 1 is 1.12 bits per heavy atom. The van der Waals surface area contributed by atoms with Crippen molar-refractivity contribution in [1.29, 1.82) is 0 Å². The summed E-state index contributed by atoms with van der Waals surface area (Å²) >= 11 is 0. The van der Waals surface area contributed by atoms with Gasteiger partial charge in [-0.3, -0.25) is 9.78 Å². The van der Waals surface area contributed by atoms with Crippen molar-refractivity contribution in [2.75, 3.05) is 13.7 Å². The molecule has 0 unspecified atom stereocenters. The van der Waals surface area contributed by atoms with Gasteiger partial charge in [-0.25, -0.2) is 0 Å². The summed E-state index contributed by atoms with van der Waals surface area (Å²) < 4.78 is 18.0.